The molecule has 1 heterocycles. The van der Waals surface area contributed by atoms with Crippen molar-refractivity contribution in [3.8, 4) is 11.5 Å². The molecule has 0 aliphatic heterocycles. The Labute approximate surface area is 188 Å². The van der Waals surface area contributed by atoms with Gasteiger partial charge in [0.15, 0.2) is 11.5 Å². The van der Waals surface area contributed by atoms with Crippen molar-refractivity contribution in [1.29, 1.82) is 0 Å². The number of benzene rings is 2. The van der Waals surface area contributed by atoms with Crippen LogP contribution in [0, 0.1) is 0 Å². The summed E-state index contributed by atoms with van der Waals surface area (Å²) in [5.74, 6) is 1.64. The summed E-state index contributed by atoms with van der Waals surface area (Å²) in [6.07, 6.45) is 4.09. The van der Waals surface area contributed by atoms with Gasteiger partial charge in [0.2, 0.25) is 0 Å². The van der Waals surface area contributed by atoms with Crippen LogP contribution in [0.2, 0.25) is 5.02 Å². The molecule has 0 saturated heterocycles. The third-order valence-corrected chi connectivity index (χ3v) is 5.21. The van der Waals surface area contributed by atoms with E-state index in [-0.39, 0.29) is 5.56 Å². The lowest BCUT2D eigenvalue weighted by Crippen LogP contribution is -2.22. The molecule has 0 aliphatic carbocycles. The van der Waals surface area contributed by atoms with E-state index in [2.05, 4.69) is 32.9 Å². The van der Waals surface area contributed by atoms with Gasteiger partial charge in [0.05, 0.1) is 30.8 Å². The molecule has 8 heteroatoms. The van der Waals surface area contributed by atoms with Gasteiger partial charge in [0.1, 0.15) is 5.82 Å². The third kappa shape index (κ3) is 4.84. The lowest BCUT2D eigenvalue weighted by Gasteiger charge is -2.13. The van der Waals surface area contributed by atoms with Crippen LogP contribution in [0.25, 0.3) is 10.9 Å². The zero-order valence-corrected chi connectivity index (χ0v) is 19.5. The molecule has 0 unspecified atom stereocenters. The first-order valence-corrected chi connectivity index (χ1v) is 10.9. The lowest BCUT2D eigenvalue weighted by atomic mass is 10.2. The molecule has 0 fully saturated rings. The van der Waals surface area contributed by atoms with Crippen molar-refractivity contribution < 1.29 is 9.47 Å². The van der Waals surface area contributed by atoms with Crippen molar-refractivity contribution in [1.82, 2.24) is 9.66 Å². The molecule has 0 bridgehead atoms. The molecule has 6 nitrogen and oxygen atoms in total. The summed E-state index contributed by atoms with van der Waals surface area (Å²) in [7, 11) is 1.55. The SMILES string of the molecule is CCCCc1nc2ccc(Br)cc2c(=O)n1N=Cc1cc(Cl)cc(OC)c1OCC. The zero-order chi connectivity index (χ0) is 21.7. The second-order valence-electron chi connectivity index (χ2n) is 6.61. The highest BCUT2D eigenvalue weighted by Crippen LogP contribution is 2.34. The Kier molecular flexibility index (Phi) is 7.50. The number of aryl methyl sites for hydroxylation is 1. The smallest absolute Gasteiger partial charge is 0.282 e. The van der Waals surface area contributed by atoms with Crippen molar-refractivity contribution in [2.24, 2.45) is 5.10 Å². The summed E-state index contributed by atoms with van der Waals surface area (Å²) < 4.78 is 13.3. The van der Waals surface area contributed by atoms with Crippen LogP contribution < -0.4 is 15.0 Å². The average molecular weight is 493 g/mol. The Morgan fingerprint density at radius 2 is 2.07 bits per heavy atom. The minimum Gasteiger partial charge on any atom is -0.493 e. The van der Waals surface area contributed by atoms with Crippen LogP contribution in [0.4, 0.5) is 0 Å². The summed E-state index contributed by atoms with van der Waals surface area (Å²) >= 11 is 9.64. The van der Waals surface area contributed by atoms with Gasteiger partial charge in [-0.1, -0.05) is 40.9 Å². The van der Waals surface area contributed by atoms with Gasteiger partial charge in [0, 0.05) is 27.5 Å². The van der Waals surface area contributed by atoms with E-state index in [0.29, 0.717) is 51.8 Å². The van der Waals surface area contributed by atoms with E-state index in [1.807, 2.05) is 19.1 Å². The minimum atomic E-state index is -0.226. The van der Waals surface area contributed by atoms with Crippen LogP contribution in [0.5, 0.6) is 11.5 Å². The number of halogens is 2. The standard InChI is InChI=1S/C22H23BrClN3O3/c1-4-6-7-20-26-18-9-8-15(23)11-17(18)22(28)27(20)25-13-14-10-16(24)12-19(29-3)21(14)30-5-2/h8-13H,4-7H2,1-3H3. The molecule has 1 aromatic heterocycles. The monoisotopic (exact) mass is 491 g/mol. The van der Waals surface area contributed by atoms with Crippen LogP contribution in [0.1, 0.15) is 38.1 Å². The van der Waals surface area contributed by atoms with Crippen LogP contribution in [0.15, 0.2) is 44.7 Å². The highest BCUT2D eigenvalue weighted by molar-refractivity contribution is 9.10. The van der Waals surface area contributed by atoms with Gasteiger partial charge in [-0.05, 0) is 37.6 Å². The quantitative estimate of drug-likeness (QED) is 0.393. The van der Waals surface area contributed by atoms with Crippen molar-refractivity contribution in [2.75, 3.05) is 13.7 Å². The van der Waals surface area contributed by atoms with Crippen LogP contribution in [0.3, 0.4) is 0 Å². The van der Waals surface area contributed by atoms with Crippen molar-refractivity contribution in [3.05, 3.63) is 61.6 Å². The second-order valence-corrected chi connectivity index (χ2v) is 7.97. The predicted molar refractivity (Wildman–Crippen MR) is 124 cm³/mol. The first-order chi connectivity index (χ1) is 14.5. The van der Waals surface area contributed by atoms with Crippen LogP contribution >= 0.6 is 27.5 Å². The lowest BCUT2D eigenvalue weighted by molar-refractivity contribution is 0.310. The largest absolute Gasteiger partial charge is 0.493 e. The number of aromatic nitrogens is 2. The Bertz CT molecular complexity index is 1140. The summed E-state index contributed by atoms with van der Waals surface area (Å²) in [6.45, 7) is 4.43. The summed E-state index contributed by atoms with van der Waals surface area (Å²) in [4.78, 5) is 17.9. The van der Waals surface area contributed by atoms with E-state index in [9.17, 15) is 4.79 Å². The summed E-state index contributed by atoms with van der Waals surface area (Å²) in [6, 6.07) is 8.87. The zero-order valence-electron chi connectivity index (χ0n) is 17.1. The number of rotatable bonds is 8. The predicted octanol–water partition coefficient (Wildman–Crippen LogP) is 5.44. The fraction of sp³-hybridized carbons (Fsp3) is 0.318. The third-order valence-electron chi connectivity index (χ3n) is 4.50. The van der Waals surface area contributed by atoms with Crippen molar-refractivity contribution >= 4 is 44.6 Å². The van der Waals surface area contributed by atoms with E-state index < -0.39 is 0 Å². The Morgan fingerprint density at radius 1 is 1.27 bits per heavy atom. The topological polar surface area (TPSA) is 65.7 Å². The average Bonchev–Trinajstić information content (AvgIpc) is 2.73. The Hall–Kier alpha value is -2.38. The van der Waals surface area contributed by atoms with E-state index >= 15 is 0 Å². The highest BCUT2D eigenvalue weighted by Gasteiger charge is 2.14. The first kappa shape index (κ1) is 22.3. The number of hydrogen-bond donors (Lipinski definition) is 0. The Balaban J connectivity index is 2.17. The molecule has 0 spiro atoms. The molecule has 0 N–H and O–H groups in total. The molecule has 0 saturated carbocycles. The maximum absolute atomic E-state index is 13.2. The van der Waals surface area contributed by atoms with Gasteiger partial charge < -0.3 is 9.47 Å². The van der Waals surface area contributed by atoms with Gasteiger partial charge in [-0.2, -0.15) is 9.78 Å². The molecule has 158 valence electrons. The van der Waals surface area contributed by atoms with Gasteiger partial charge in [-0.15, -0.1) is 0 Å². The molecule has 2 aromatic carbocycles. The molecule has 3 rings (SSSR count). The summed E-state index contributed by atoms with van der Waals surface area (Å²) in [5.41, 5.74) is 1.04. The maximum Gasteiger partial charge on any atom is 0.282 e. The minimum absolute atomic E-state index is 0.226. The molecular weight excluding hydrogens is 470 g/mol. The van der Waals surface area contributed by atoms with Gasteiger partial charge in [-0.25, -0.2) is 4.98 Å². The van der Waals surface area contributed by atoms with Gasteiger partial charge in [-0.3, -0.25) is 4.79 Å². The molecule has 0 aliphatic rings. The number of fused-ring (bicyclic) bond motifs is 1. The molecule has 0 radical (unpaired) electrons. The number of unbranched alkanes of at least 4 members (excludes halogenated alkanes) is 1. The Morgan fingerprint density at radius 3 is 2.77 bits per heavy atom. The van der Waals surface area contributed by atoms with Crippen molar-refractivity contribution in [2.45, 2.75) is 33.1 Å². The molecule has 3 aromatic rings. The summed E-state index contributed by atoms with van der Waals surface area (Å²) in [5, 5.41) is 5.45. The second kappa shape index (κ2) is 10.1. The number of ether oxygens (including phenoxy) is 2. The van der Waals surface area contributed by atoms with E-state index in [1.165, 1.54) is 4.68 Å². The van der Waals surface area contributed by atoms with Crippen molar-refractivity contribution in [3.63, 3.8) is 0 Å². The molecule has 0 amide bonds. The highest BCUT2D eigenvalue weighted by atomic mass is 79.9. The maximum atomic E-state index is 13.2. The van der Waals surface area contributed by atoms with E-state index in [1.54, 1.807) is 31.5 Å². The first-order valence-electron chi connectivity index (χ1n) is 9.74. The van der Waals surface area contributed by atoms with Gasteiger partial charge in [0.25, 0.3) is 5.56 Å². The van der Waals surface area contributed by atoms with E-state index in [0.717, 1.165) is 17.3 Å². The molecular formula is C22H23BrClN3O3. The molecule has 30 heavy (non-hydrogen) atoms. The molecule has 0 atom stereocenters. The number of methoxy groups -OCH3 is 1. The van der Waals surface area contributed by atoms with Crippen LogP contribution in [-0.2, 0) is 6.42 Å². The fourth-order valence-corrected chi connectivity index (χ4v) is 3.64. The number of nitrogens with zero attached hydrogens (tertiary/aromatic N) is 3. The number of hydrogen-bond acceptors (Lipinski definition) is 5. The fourth-order valence-electron chi connectivity index (χ4n) is 3.07. The van der Waals surface area contributed by atoms with Crippen LogP contribution in [-0.4, -0.2) is 29.6 Å². The normalized spacial score (nSPS) is 11.4. The van der Waals surface area contributed by atoms with E-state index in [4.69, 9.17) is 21.1 Å². The van der Waals surface area contributed by atoms with Gasteiger partial charge >= 0.3 is 0 Å².